The van der Waals surface area contributed by atoms with Gasteiger partial charge in [0.2, 0.25) is 0 Å². The number of nitrogens with one attached hydrogen (secondary N) is 1. The van der Waals surface area contributed by atoms with Crippen LogP contribution in [0.4, 0.5) is 0 Å². The van der Waals surface area contributed by atoms with Crippen molar-refractivity contribution in [3.63, 3.8) is 0 Å². The van der Waals surface area contributed by atoms with E-state index in [0.29, 0.717) is 4.75 Å². The molecule has 23 heavy (non-hydrogen) atoms. The van der Waals surface area contributed by atoms with Gasteiger partial charge in [0, 0.05) is 28.4 Å². The van der Waals surface area contributed by atoms with Gasteiger partial charge in [-0.05, 0) is 58.8 Å². The second-order valence-corrected chi connectivity index (χ2v) is 9.99. The van der Waals surface area contributed by atoms with Crippen molar-refractivity contribution in [2.45, 2.75) is 83.3 Å². The Labute approximate surface area is 152 Å². The van der Waals surface area contributed by atoms with Crippen LogP contribution in [0.5, 0.6) is 0 Å². The fraction of sp³-hybridized carbons (Fsp3) is 0.789. The van der Waals surface area contributed by atoms with Crippen LogP contribution < -0.4 is 11.1 Å². The fourth-order valence-corrected chi connectivity index (χ4v) is 4.99. The highest BCUT2D eigenvalue weighted by molar-refractivity contribution is 8.77. The molecule has 0 heterocycles. The lowest BCUT2D eigenvalue weighted by Crippen LogP contribution is -2.16. The normalized spacial score (nSPS) is 11.4. The van der Waals surface area contributed by atoms with Gasteiger partial charge in [-0.25, -0.2) is 0 Å². The smallest absolute Gasteiger partial charge is 0.0207 e. The Morgan fingerprint density at radius 2 is 1.74 bits per heavy atom. The highest BCUT2D eigenvalue weighted by Crippen LogP contribution is 2.39. The number of unbranched alkanes of at least 4 members (excludes halogenated alkanes) is 3. The van der Waals surface area contributed by atoms with Crippen LogP contribution in [0, 0.1) is 0 Å². The maximum absolute atomic E-state index is 5.57. The standard InChI is InChI=1S/C19H38N2S2/c1-6-15-21-18(3)13-11-14-19(4,5)23-22-16-10-8-7-9-12-17(2)20/h21H,2-3,6-16,20H2,1,4-5H3. The highest BCUT2D eigenvalue weighted by atomic mass is 33.1. The quantitative estimate of drug-likeness (QED) is 0.252. The van der Waals surface area contributed by atoms with Crippen molar-refractivity contribution in [3.05, 3.63) is 24.6 Å². The molecule has 0 aliphatic heterocycles. The summed E-state index contributed by atoms with van der Waals surface area (Å²) in [7, 11) is 4.08. The van der Waals surface area contributed by atoms with Crippen molar-refractivity contribution >= 4 is 21.6 Å². The summed E-state index contributed by atoms with van der Waals surface area (Å²) < 4.78 is 0.354. The SMILES string of the molecule is C=C(N)CCCCCCSSC(C)(C)CCCC(=C)NCCC. The van der Waals surface area contributed by atoms with E-state index >= 15 is 0 Å². The third-order valence-corrected chi connectivity index (χ3v) is 7.08. The van der Waals surface area contributed by atoms with Gasteiger partial charge >= 0.3 is 0 Å². The summed E-state index contributed by atoms with van der Waals surface area (Å²) in [6.07, 6.45) is 10.8. The molecule has 0 spiro atoms. The molecule has 0 aliphatic carbocycles. The minimum atomic E-state index is 0.354. The Kier molecular flexibility index (Phi) is 14.0. The topological polar surface area (TPSA) is 38.0 Å². The number of hydrogen-bond acceptors (Lipinski definition) is 4. The average molecular weight is 359 g/mol. The summed E-state index contributed by atoms with van der Waals surface area (Å²) in [5, 5.41) is 3.38. The summed E-state index contributed by atoms with van der Waals surface area (Å²) in [4.78, 5) is 0. The zero-order valence-corrected chi connectivity index (χ0v) is 17.2. The number of allylic oxidation sites excluding steroid dienone is 2. The van der Waals surface area contributed by atoms with Crippen LogP contribution in [0.15, 0.2) is 24.6 Å². The summed E-state index contributed by atoms with van der Waals surface area (Å²) in [5.41, 5.74) is 7.59. The van der Waals surface area contributed by atoms with Crippen LogP contribution in [0.1, 0.15) is 78.6 Å². The van der Waals surface area contributed by atoms with Crippen molar-refractivity contribution in [3.8, 4) is 0 Å². The van der Waals surface area contributed by atoms with Crippen molar-refractivity contribution in [2.75, 3.05) is 12.3 Å². The molecule has 0 saturated carbocycles. The molecule has 2 nitrogen and oxygen atoms in total. The predicted molar refractivity (Wildman–Crippen MR) is 112 cm³/mol. The Morgan fingerprint density at radius 3 is 2.39 bits per heavy atom. The summed E-state index contributed by atoms with van der Waals surface area (Å²) in [6.45, 7) is 15.8. The summed E-state index contributed by atoms with van der Waals surface area (Å²) >= 11 is 0. The van der Waals surface area contributed by atoms with Gasteiger partial charge < -0.3 is 11.1 Å². The lowest BCUT2D eigenvalue weighted by molar-refractivity contribution is 0.588. The first-order valence-electron chi connectivity index (χ1n) is 9.03. The molecule has 0 radical (unpaired) electrons. The predicted octanol–water partition coefficient (Wildman–Crippen LogP) is 6.25. The number of hydrogen-bond donors (Lipinski definition) is 2. The number of nitrogens with two attached hydrogens (primary N) is 1. The fourth-order valence-electron chi connectivity index (χ4n) is 2.23. The Balaban J connectivity index is 3.53. The van der Waals surface area contributed by atoms with E-state index in [1.165, 1.54) is 50.0 Å². The van der Waals surface area contributed by atoms with Gasteiger partial charge in [-0.2, -0.15) is 0 Å². The summed E-state index contributed by atoms with van der Waals surface area (Å²) in [6, 6.07) is 0. The lowest BCUT2D eigenvalue weighted by atomic mass is 10.0. The van der Waals surface area contributed by atoms with Gasteiger partial charge in [-0.3, -0.25) is 0 Å². The minimum absolute atomic E-state index is 0.354. The molecule has 0 aromatic rings. The van der Waals surface area contributed by atoms with E-state index in [1.807, 2.05) is 21.6 Å². The van der Waals surface area contributed by atoms with Gasteiger partial charge in [0.1, 0.15) is 0 Å². The van der Waals surface area contributed by atoms with E-state index in [1.54, 1.807) is 0 Å². The lowest BCUT2D eigenvalue weighted by Gasteiger charge is -2.23. The molecule has 0 atom stereocenters. The molecule has 136 valence electrons. The second-order valence-electron chi connectivity index (χ2n) is 6.87. The molecule has 0 rings (SSSR count). The molecule has 0 aromatic heterocycles. The molecule has 3 N–H and O–H groups in total. The van der Waals surface area contributed by atoms with Gasteiger partial charge in [0.05, 0.1) is 0 Å². The molecule has 0 fully saturated rings. The van der Waals surface area contributed by atoms with Crippen LogP contribution in [-0.2, 0) is 0 Å². The maximum atomic E-state index is 5.57. The van der Waals surface area contributed by atoms with E-state index < -0.39 is 0 Å². The monoisotopic (exact) mass is 358 g/mol. The first-order chi connectivity index (χ1) is 10.9. The van der Waals surface area contributed by atoms with Gasteiger partial charge in [-0.1, -0.05) is 54.5 Å². The maximum Gasteiger partial charge on any atom is 0.0207 e. The van der Waals surface area contributed by atoms with E-state index in [-0.39, 0.29) is 0 Å². The molecular weight excluding hydrogens is 320 g/mol. The van der Waals surface area contributed by atoms with Crippen molar-refractivity contribution in [1.29, 1.82) is 0 Å². The molecule has 0 bridgehead atoms. The highest BCUT2D eigenvalue weighted by Gasteiger charge is 2.18. The molecule has 4 heteroatoms. The molecule has 0 aromatic carbocycles. The van der Waals surface area contributed by atoms with E-state index in [4.69, 9.17) is 5.73 Å². The third kappa shape index (κ3) is 16.4. The largest absolute Gasteiger partial charge is 0.403 e. The zero-order valence-electron chi connectivity index (χ0n) is 15.6. The molecule has 0 unspecified atom stereocenters. The zero-order chi connectivity index (χ0) is 17.6. The van der Waals surface area contributed by atoms with Gasteiger partial charge in [0.25, 0.3) is 0 Å². The van der Waals surface area contributed by atoms with Crippen molar-refractivity contribution in [2.24, 2.45) is 5.73 Å². The minimum Gasteiger partial charge on any atom is -0.403 e. The van der Waals surface area contributed by atoms with Crippen LogP contribution in [0.3, 0.4) is 0 Å². The second kappa shape index (κ2) is 14.2. The van der Waals surface area contributed by atoms with Crippen LogP contribution >= 0.6 is 21.6 Å². The van der Waals surface area contributed by atoms with Gasteiger partial charge in [-0.15, -0.1) is 0 Å². The summed E-state index contributed by atoms with van der Waals surface area (Å²) in [5.74, 6) is 1.25. The van der Waals surface area contributed by atoms with Crippen molar-refractivity contribution < 1.29 is 0 Å². The molecular formula is C19H38N2S2. The Morgan fingerprint density at radius 1 is 1.04 bits per heavy atom. The van der Waals surface area contributed by atoms with Crippen LogP contribution in [0.2, 0.25) is 0 Å². The molecule has 0 saturated heterocycles. The van der Waals surface area contributed by atoms with E-state index in [0.717, 1.165) is 31.5 Å². The Hall–Kier alpha value is -0.220. The molecule has 0 amide bonds. The van der Waals surface area contributed by atoms with Crippen molar-refractivity contribution in [1.82, 2.24) is 5.32 Å². The van der Waals surface area contributed by atoms with Crippen LogP contribution in [0.25, 0.3) is 0 Å². The molecule has 0 aliphatic rings. The number of rotatable bonds is 16. The average Bonchev–Trinajstić information content (AvgIpc) is 2.47. The van der Waals surface area contributed by atoms with Gasteiger partial charge in [0.15, 0.2) is 0 Å². The first kappa shape index (κ1) is 22.8. The Bertz CT molecular complexity index is 327. The first-order valence-corrected chi connectivity index (χ1v) is 11.3. The van der Waals surface area contributed by atoms with Crippen LogP contribution in [-0.4, -0.2) is 17.0 Å². The third-order valence-electron chi connectivity index (χ3n) is 3.64. The van der Waals surface area contributed by atoms with E-state index in [9.17, 15) is 0 Å². The van der Waals surface area contributed by atoms with E-state index in [2.05, 4.69) is 39.2 Å².